The first-order valence-electron chi connectivity index (χ1n) is 35.7. The number of quaternary nitrogens is 1. The van der Waals surface area contributed by atoms with Crippen molar-refractivity contribution in [2.75, 3.05) is 40.9 Å². The minimum absolute atomic E-state index is 0.0249. The van der Waals surface area contributed by atoms with Crippen molar-refractivity contribution >= 4 is 19.7 Å². The van der Waals surface area contributed by atoms with Crippen LogP contribution in [-0.2, 0) is 27.9 Å². The summed E-state index contributed by atoms with van der Waals surface area (Å²) in [5, 5.41) is 3.04. The molecule has 84 heavy (non-hydrogen) atoms. The van der Waals surface area contributed by atoms with Crippen molar-refractivity contribution < 1.29 is 37.3 Å². The molecule has 1 N–H and O–H groups in total. The van der Waals surface area contributed by atoms with Gasteiger partial charge in [-0.2, -0.15) is 0 Å². The first kappa shape index (κ1) is 81.5. The molecule has 0 aromatic rings. The third-order valence-corrected chi connectivity index (χ3v) is 16.8. The largest absolute Gasteiger partial charge is 0.756 e. The van der Waals surface area contributed by atoms with Gasteiger partial charge in [0.25, 0.3) is 7.82 Å². The summed E-state index contributed by atoms with van der Waals surface area (Å²) in [6, 6.07) is -0.895. The fraction of sp³-hybridized carbons (Fsp3) is 0.811. The number of carbonyl (C=O) groups excluding carboxylic acids is 2. The van der Waals surface area contributed by atoms with Crippen LogP contribution in [0.4, 0.5) is 0 Å². The lowest BCUT2D eigenvalue weighted by Crippen LogP contribution is -2.47. The topological polar surface area (TPSA) is 114 Å². The maximum Gasteiger partial charge on any atom is 0.306 e. The number of nitrogens with one attached hydrogen (secondary N) is 1. The summed E-state index contributed by atoms with van der Waals surface area (Å²) in [5.74, 6) is -0.539. The van der Waals surface area contributed by atoms with Crippen LogP contribution in [-0.4, -0.2) is 69.4 Å². The smallest absolute Gasteiger partial charge is 0.306 e. The van der Waals surface area contributed by atoms with Crippen LogP contribution in [0.2, 0.25) is 0 Å². The predicted molar refractivity (Wildman–Crippen MR) is 362 cm³/mol. The molecule has 490 valence electrons. The van der Waals surface area contributed by atoms with E-state index in [1.54, 1.807) is 0 Å². The van der Waals surface area contributed by atoms with Crippen molar-refractivity contribution in [1.82, 2.24) is 5.32 Å². The van der Waals surface area contributed by atoms with Crippen LogP contribution in [0.1, 0.15) is 335 Å². The number of carbonyl (C=O) groups is 2. The molecule has 0 radical (unpaired) electrons. The quantitative estimate of drug-likeness (QED) is 0.0212. The van der Waals surface area contributed by atoms with Crippen molar-refractivity contribution in [3.05, 3.63) is 72.9 Å². The van der Waals surface area contributed by atoms with E-state index in [0.29, 0.717) is 17.4 Å². The second kappa shape index (κ2) is 63.5. The second-order valence-electron chi connectivity index (χ2n) is 25.4. The zero-order valence-corrected chi connectivity index (χ0v) is 57.0. The number of hydrogen-bond donors (Lipinski definition) is 1. The number of nitrogens with zero attached hydrogens (tertiary/aromatic N) is 1. The number of phosphoric ester groups is 1. The average molecular weight is 1200 g/mol. The van der Waals surface area contributed by atoms with Gasteiger partial charge in [-0.1, -0.05) is 293 Å². The molecular formula is C74H137N2O7P. The number of esters is 1. The maximum atomic E-state index is 13.6. The summed E-state index contributed by atoms with van der Waals surface area (Å²) in [5.41, 5.74) is 0. The van der Waals surface area contributed by atoms with E-state index in [2.05, 4.69) is 86.8 Å². The molecule has 0 spiro atoms. The second-order valence-corrected chi connectivity index (χ2v) is 26.8. The average Bonchev–Trinajstić information content (AvgIpc) is 3.64. The SMILES string of the molecule is CCCCC/C=C\C/C=C\C/C=C\C/C=C\CCCCCCCCCCCC(=O)NC(COP(=O)([O-])OCC[N+](C)(C)C)C(/C=C\CCCCCCCCCCCC)OC(=O)CCCCCCCCCCCCC/C=C/CCCCCCCC. The lowest BCUT2D eigenvalue weighted by molar-refractivity contribution is -0.870. The summed E-state index contributed by atoms with van der Waals surface area (Å²) >= 11 is 0. The van der Waals surface area contributed by atoms with E-state index in [0.717, 1.165) is 89.9 Å². The summed E-state index contributed by atoms with van der Waals surface area (Å²) in [4.78, 5) is 40.2. The first-order valence-corrected chi connectivity index (χ1v) is 37.2. The number of ether oxygens (including phenoxy) is 1. The number of hydrogen-bond acceptors (Lipinski definition) is 7. The van der Waals surface area contributed by atoms with Crippen molar-refractivity contribution in [3.8, 4) is 0 Å². The zero-order chi connectivity index (χ0) is 61.4. The molecule has 10 heteroatoms. The highest BCUT2D eigenvalue weighted by Crippen LogP contribution is 2.38. The van der Waals surface area contributed by atoms with Gasteiger partial charge in [-0.25, -0.2) is 0 Å². The van der Waals surface area contributed by atoms with Crippen LogP contribution in [0.5, 0.6) is 0 Å². The van der Waals surface area contributed by atoms with E-state index < -0.39 is 26.6 Å². The molecule has 0 saturated heterocycles. The Morgan fingerprint density at radius 3 is 1.12 bits per heavy atom. The van der Waals surface area contributed by atoms with Gasteiger partial charge in [0, 0.05) is 12.8 Å². The molecule has 9 nitrogen and oxygen atoms in total. The van der Waals surface area contributed by atoms with Gasteiger partial charge in [0.05, 0.1) is 33.8 Å². The third-order valence-electron chi connectivity index (χ3n) is 15.9. The highest BCUT2D eigenvalue weighted by Gasteiger charge is 2.27. The Kier molecular flexibility index (Phi) is 61.5. The summed E-state index contributed by atoms with van der Waals surface area (Å²) in [6.45, 7) is 6.84. The fourth-order valence-corrected chi connectivity index (χ4v) is 11.0. The van der Waals surface area contributed by atoms with Gasteiger partial charge in [0.1, 0.15) is 19.3 Å². The van der Waals surface area contributed by atoms with E-state index in [9.17, 15) is 19.0 Å². The van der Waals surface area contributed by atoms with Crippen LogP contribution >= 0.6 is 7.82 Å². The molecule has 3 unspecified atom stereocenters. The Morgan fingerprint density at radius 1 is 0.417 bits per heavy atom. The standard InChI is InChI=1S/C74H137N2O7P/c1-7-10-13-16-19-22-25-28-30-32-34-36-37-38-39-41-42-44-46-48-51-54-57-60-63-66-73(77)75-71(70-82-84(79,80)81-69-68-76(4,5)6)72(65-62-59-56-53-50-27-24-21-18-15-12-9-3)83-74(78)67-64-61-58-55-52-49-47-45-43-40-35-33-31-29-26-23-20-17-14-11-8-2/h19,22,28-31,34,36,38-39,62,65,71-72H,7-18,20-21,23-27,32-33,35,37,40-61,63-64,66-70H2,1-6H3,(H-,75,77,79,80)/b22-19-,30-28-,31-29+,36-34-,39-38-,65-62-. The molecule has 0 aromatic carbocycles. The molecule has 0 aliphatic rings. The Labute approximate surface area is 521 Å². The molecule has 1 amide bonds. The van der Waals surface area contributed by atoms with E-state index >= 15 is 0 Å². The van der Waals surface area contributed by atoms with Crippen molar-refractivity contribution in [2.45, 2.75) is 348 Å². The number of allylic oxidation sites excluding steroid dienone is 11. The summed E-state index contributed by atoms with van der Waals surface area (Å²) in [7, 11) is 1.18. The van der Waals surface area contributed by atoms with Gasteiger partial charge in [-0.3, -0.25) is 14.2 Å². The van der Waals surface area contributed by atoms with Crippen molar-refractivity contribution in [3.63, 3.8) is 0 Å². The van der Waals surface area contributed by atoms with Gasteiger partial charge < -0.3 is 28.5 Å². The highest BCUT2D eigenvalue weighted by atomic mass is 31.2. The molecule has 3 atom stereocenters. The first-order chi connectivity index (χ1) is 40.9. The van der Waals surface area contributed by atoms with Gasteiger partial charge in [-0.15, -0.1) is 0 Å². The zero-order valence-electron chi connectivity index (χ0n) is 56.1. The van der Waals surface area contributed by atoms with Crippen molar-refractivity contribution in [1.29, 1.82) is 0 Å². The Morgan fingerprint density at radius 2 is 0.726 bits per heavy atom. The Balaban J connectivity index is 5.08. The van der Waals surface area contributed by atoms with Gasteiger partial charge in [0.2, 0.25) is 5.91 Å². The molecule has 0 aliphatic heterocycles. The van der Waals surface area contributed by atoms with Gasteiger partial charge >= 0.3 is 5.97 Å². The van der Waals surface area contributed by atoms with Gasteiger partial charge in [0.15, 0.2) is 0 Å². The van der Waals surface area contributed by atoms with E-state index in [4.69, 9.17) is 13.8 Å². The number of likely N-dealkylation sites (N-methyl/N-ethyl adjacent to an activating group) is 1. The lowest BCUT2D eigenvalue weighted by atomic mass is 10.0. The van der Waals surface area contributed by atoms with E-state index in [-0.39, 0.29) is 24.9 Å². The van der Waals surface area contributed by atoms with Crippen LogP contribution in [0.15, 0.2) is 72.9 Å². The summed E-state index contributed by atoms with van der Waals surface area (Å²) < 4.78 is 30.5. The minimum atomic E-state index is -4.71. The molecular weight excluding hydrogens is 1060 g/mol. The van der Waals surface area contributed by atoms with Crippen LogP contribution in [0.25, 0.3) is 0 Å². The molecule has 0 bridgehead atoms. The van der Waals surface area contributed by atoms with Gasteiger partial charge in [-0.05, 0) is 102 Å². The highest BCUT2D eigenvalue weighted by molar-refractivity contribution is 7.45. The van der Waals surface area contributed by atoms with Crippen LogP contribution in [0, 0.1) is 0 Å². The molecule has 0 aliphatic carbocycles. The number of phosphoric acid groups is 1. The Hall–Kier alpha value is -2.55. The normalized spacial score (nSPS) is 13.9. The number of unbranched alkanes of at least 4 members (excludes halogenated alkanes) is 39. The molecule has 0 heterocycles. The monoisotopic (exact) mass is 1200 g/mol. The molecule has 0 saturated carbocycles. The lowest BCUT2D eigenvalue weighted by Gasteiger charge is -2.30. The van der Waals surface area contributed by atoms with E-state index in [1.165, 1.54) is 212 Å². The number of rotatable bonds is 65. The number of amides is 1. The minimum Gasteiger partial charge on any atom is -0.756 e. The summed E-state index contributed by atoms with van der Waals surface area (Å²) in [6.07, 6.45) is 83.0. The van der Waals surface area contributed by atoms with Crippen LogP contribution < -0.4 is 10.2 Å². The molecule has 0 rings (SSSR count). The molecule has 0 aromatic heterocycles. The fourth-order valence-electron chi connectivity index (χ4n) is 10.3. The Bertz CT molecular complexity index is 1670. The maximum absolute atomic E-state index is 13.6. The predicted octanol–water partition coefficient (Wildman–Crippen LogP) is 22.1. The van der Waals surface area contributed by atoms with E-state index in [1.807, 2.05) is 33.3 Å². The van der Waals surface area contributed by atoms with Crippen molar-refractivity contribution in [2.24, 2.45) is 0 Å². The third kappa shape index (κ3) is 63.9. The molecule has 0 fully saturated rings. The van der Waals surface area contributed by atoms with Crippen LogP contribution in [0.3, 0.4) is 0 Å².